The first-order chi connectivity index (χ1) is 11.2. The zero-order chi connectivity index (χ0) is 16.7. The summed E-state index contributed by atoms with van der Waals surface area (Å²) in [6, 6.07) is 14.9. The molecule has 0 aromatic heterocycles. The SMILES string of the molecule is CCN(CC)c1ccc(N=Nc2ccc(C(=O)CN)cc2)cc1. The number of anilines is 1. The van der Waals surface area contributed by atoms with Crippen LogP contribution in [-0.4, -0.2) is 25.4 Å². The molecule has 0 radical (unpaired) electrons. The predicted molar refractivity (Wildman–Crippen MR) is 94.0 cm³/mol. The van der Waals surface area contributed by atoms with Crippen molar-refractivity contribution < 1.29 is 4.79 Å². The summed E-state index contributed by atoms with van der Waals surface area (Å²) in [6.07, 6.45) is 0. The van der Waals surface area contributed by atoms with Gasteiger partial charge in [0.15, 0.2) is 5.78 Å². The van der Waals surface area contributed by atoms with Crippen LogP contribution >= 0.6 is 0 Å². The van der Waals surface area contributed by atoms with E-state index in [1.165, 1.54) is 5.69 Å². The molecule has 5 nitrogen and oxygen atoms in total. The Morgan fingerprint density at radius 3 is 1.83 bits per heavy atom. The lowest BCUT2D eigenvalue weighted by atomic mass is 10.1. The van der Waals surface area contributed by atoms with E-state index in [1.807, 2.05) is 24.3 Å². The van der Waals surface area contributed by atoms with Crippen LogP contribution in [-0.2, 0) is 0 Å². The van der Waals surface area contributed by atoms with Crippen molar-refractivity contribution in [1.29, 1.82) is 0 Å². The summed E-state index contributed by atoms with van der Waals surface area (Å²) in [7, 11) is 0. The summed E-state index contributed by atoms with van der Waals surface area (Å²) in [5.74, 6) is -0.0829. The van der Waals surface area contributed by atoms with Gasteiger partial charge in [-0.05, 0) is 62.4 Å². The van der Waals surface area contributed by atoms with Gasteiger partial charge in [0.25, 0.3) is 0 Å². The number of hydrogen-bond acceptors (Lipinski definition) is 5. The van der Waals surface area contributed by atoms with E-state index >= 15 is 0 Å². The van der Waals surface area contributed by atoms with Gasteiger partial charge in [-0.1, -0.05) is 0 Å². The van der Waals surface area contributed by atoms with Crippen LogP contribution in [0.2, 0.25) is 0 Å². The van der Waals surface area contributed by atoms with Crippen LogP contribution in [0.25, 0.3) is 0 Å². The van der Waals surface area contributed by atoms with Crippen molar-refractivity contribution in [3.05, 3.63) is 54.1 Å². The normalized spacial score (nSPS) is 10.9. The molecule has 2 aromatic rings. The zero-order valence-corrected chi connectivity index (χ0v) is 13.6. The number of nitrogens with zero attached hydrogens (tertiary/aromatic N) is 3. The minimum absolute atomic E-state index is 0.0136. The van der Waals surface area contributed by atoms with E-state index in [0.717, 1.165) is 18.8 Å². The van der Waals surface area contributed by atoms with Gasteiger partial charge in [-0.3, -0.25) is 4.79 Å². The van der Waals surface area contributed by atoms with Gasteiger partial charge in [-0.15, -0.1) is 0 Å². The number of carbonyl (C=O) groups is 1. The van der Waals surface area contributed by atoms with Crippen molar-refractivity contribution in [3.8, 4) is 0 Å². The summed E-state index contributed by atoms with van der Waals surface area (Å²) < 4.78 is 0. The number of rotatable bonds is 7. The van der Waals surface area contributed by atoms with Crippen molar-refractivity contribution in [2.24, 2.45) is 16.0 Å². The molecule has 2 aromatic carbocycles. The predicted octanol–water partition coefficient (Wildman–Crippen LogP) is 4.09. The Kier molecular flexibility index (Phi) is 6.00. The molecule has 0 bridgehead atoms. The summed E-state index contributed by atoms with van der Waals surface area (Å²) >= 11 is 0. The van der Waals surface area contributed by atoms with Crippen LogP contribution in [0.15, 0.2) is 58.8 Å². The molecule has 0 saturated heterocycles. The maximum absolute atomic E-state index is 11.5. The number of carbonyl (C=O) groups excluding carboxylic acids is 1. The molecule has 0 atom stereocenters. The highest BCUT2D eigenvalue weighted by Gasteiger charge is 2.03. The first kappa shape index (κ1) is 16.8. The number of hydrogen-bond donors (Lipinski definition) is 1. The molecule has 0 heterocycles. The Labute approximate surface area is 136 Å². The molecule has 0 fully saturated rings. The average molecular weight is 310 g/mol. The van der Waals surface area contributed by atoms with E-state index in [1.54, 1.807) is 24.3 Å². The highest BCUT2D eigenvalue weighted by atomic mass is 16.1. The minimum atomic E-state index is -0.0829. The molecule has 0 saturated carbocycles. The standard InChI is InChI=1S/C18H22N4O/c1-3-22(4-2)17-11-9-16(10-12-17)21-20-15-7-5-14(6-8-15)18(23)13-19/h5-12H,3-4,13,19H2,1-2H3. The number of benzene rings is 2. The van der Waals surface area contributed by atoms with Gasteiger partial charge in [-0.2, -0.15) is 10.2 Å². The van der Waals surface area contributed by atoms with Gasteiger partial charge < -0.3 is 10.6 Å². The molecule has 5 heteroatoms. The van der Waals surface area contributed by atoms with Crippen LogP contribution in [0.1, 0.15) is 24.2 Å². The van der Waals surface area contributed by atoms with E-state index in [4.69, 9.17) is 5.73 Å². The molecule has 0 amide bonds. The fraction of sp³-hybridized carbons (Fsp3) is 0.278. The number of nitrogens with two attached hydrogens (primary N) is 1. The average Bonchev–Trinajstić information content (AvgIpc) is 2.62. The lowest BCUT2D eigenvalue weighted by Gasteiger charge is -2.20. The Hall–Kier alpha value is -2.53. The second kappa shape index (κ2) is 8.19. The summed E-state index contributed by atoms with van der Waals surface area (Å²) in [5.41, 5.74) is 8.60. The van der Waals surface area contributed by atoms with Crippen molar-refractivity contribution in [3.63, 3.8) is 0 Å². The minimum Gasteiger partial charge on any atom is -0.372 e. The fourth-order valence-electron chi connectivity index (χ4n) is 2.27. The molecule has 2 rings (SSSR count). The lowest BCUT2D eigenvalue weighted by molar-refractivity contribution is 0.100. The summed E-state index contributed by atoms with van der Waals surface area (Å²) in [5, 5.41) is 8.41. The highest BCUT2D eigenvalue weighted by molar-refractivity contribution is 5.97. The number of azo groups is 1. The third-order valence-corrected chi connectivity index (χ3v) is 3.63. The lowest BCUT2D eigenvalue weighted by Crippen LogP contribution is -2.21. The van der Waals surface area contributed by atoms with Crippen LogP contribution in [0.3, 0.4) is 0 Å². The monoisotopic (exact) mass is 310 g/mol. The molecule has 0 aliphatic heterocycles. The molecule has 2 N–H and O–H groups in total. The van der Waals surface area contributed by atoms with Crippen LogP contribution in [0, 0.1) is 0 Å². The van der Waals surface area contributed by atoms with Crippen LogP contribution in [0.4, 0.5) is 17.1 Å². The molecular weight excluding hydrogens is 288 g/mol. The topological polar surface area (TPSA) is 71.0 Å². The second-order valence-corrected chi connectivity index (χ2v) is 5.06. The van der Waals surface area contributed by atoms with Gasteiger partial charge >= 0.3 is 0 Å². The molecule has 0 unspecified atom stereocenters. The van der Waals surface area contributed by atoms with E-state index < -0.39 is 0 Å². The summed E-state index contributed by atoms with van der Waals surface area (Å²) in [4.78, 5) is 13.7. The second-order valence-electron chi connectivity index (χ2n) is 5.06. The van der Waals surface area contributed by atoms with E-state index in [9.17, 15) is 4.79 Å². The quantitative estimate of drug-likeness (QED) is 0.618. The maximum Gasteiger partial charge on any atom is 0.176 e. The molecule has 0 aliphatic rings. The van der Waals surface area contributed by atoms with Crippen molar-refractivity contribution in [2.45, 2.75) is 13.8 Å². The van der Waals surface area contributed by atoms with Crippen molar-refractivity contribution >= 4 is 22.8 Å². The largest absolute Gasteiger partial charge is 0.372 e. The van der Waals surface area contributed by atoms with Gasteiger partial charge in [0, 0.05) is 24.3 Å². The van der Waals surface area contributed by atoms with Crippen molar-refractivity contribution in [1.82, 2.24) is 0 Å². The zero-order valence-electron chi connectivity index (χ0n) is 13.6. The molecule has 0 spiro atoms. The van der Waals surface area contributed by atoms with E-state index in [-0.39, 0.29) is 12.3 Å². The van der Waals surface area contributed by atoms with Gasteiger partial charge in [0.05, 0.1) is 17.9 Å². The van der Waals surface area contributed by atoms with Crippen molar-refractivity contribution in [2.75, 3.05) is 24.5 Å². The van der Waals surface area contributed by atoms with Crippen LogP contribution < -0.4 is 10.6 Å². The van der Waals surface area contributed by atoms with E-state index in [0.29, 0.717) is 11.3 Å². The molecule has 23 heavy (non-hydrogen) atoms. The first-order valence-corrected chi connectivity index (χ1v) is 7.78. The number of Topliss-reactive ketones (excluding diaryl/α,β-unsaturated/α-hetero) is 1. The third-order valence-electron chi connectivity index (χ3n) is 3.63. The van der Waals surface area contributed by atoms with Crippen LogP contribution in [0.5, 0.6) is 0 Å². The molecular formula is C18H22N4O. The Morgan fingerprint density at radius 2 is 1.39 bits per heavy atom. The fourth-order valence-corrected chi connectivity index (χ4v) is 2.27. The number of ketones is 1. The molecule has 0 aliphatic carbocycles. The highest BCUT2D eigenvalue weighted by Crippen LogP contribution is 2.22. The third kappa shape index (κ3) is 4.47. The molecule has 120 valence electrons. The Balaban J connectivity index is 2.06. The Morgan fingerprint density at radius 1 is 0.913 bits per heavy atom. The first-order valence-electron chi connectivity index (χ1n) is 7.78. The summed E-state index contributed by atoms with van der Waals surface area (Å²) in [6.45, 7) is 6.24. The van der Waals surface area contributed by atoms with Gasteiger partial charge in [0.2, 0.25) is 0 Å². The van der Waals surface area contributed by atoms with E-state index in [2.05, 4.69) is 29.0 Å². The van der Waals surface area contributed by atoms with Gasteiger partial charge in [0.1, 0.15) is 0 Å². The van der Waals surface area contributed by atoms with Gasteiger partial charge in [-0.25, -0.2) is 0 Å². The smallest absolute Gasteiger partial charge is 0.176 e. The maximum atomic E-state index is 11.5. The Bertz CT molecular complexity index is 658.